The third-order valence-electron chi connectivity index (χ3n) is 5.16. The molecule has 1 aromatic rings. The van der Waals surface area contributed by atoms with Crippen LogP contribution in [0.2, 0.25) is 0 Å². The Morgan fingerprint density at radius 3 is 2.00 bits per heavy atom. The molecule has 1 amide bonds. The van der Waals surface area contributed by atoms with Gasteiger partial charge in [-0.3, -0.25) is 9.69 Å². The van der Waals surface area contributed by atoms with Crippen molar-refractivity contribution in [1.82, 2.24) is 10.2 Å². The van der Waals surface area contributed by atoms with E-state index in [2.05, 4.69) is 10.2 Å². The van der Waals surface area contributed by atoms with Gasteiger partial charge in [0.15, 0.2) is 0 Å². The van der Waals surface area contributed by atoms with Crippen molar-refractivity contribution in [3.05, 3.63) is 35.6 Å². The number of carbonyl (C=O) groups excluding carboxylic acids is 1. The summed E-state index contributed by atoms with van der Waals surface area (Å²) in [6.07, 6.45) is 6.66. The van der Waals surface area contributed by atoms with E-state index in [9.17, 15) is 9.18 Å². The minimum absolute atomic E-state index is 0.171. The Kier molecular flexibility index (Phi) is 8.38. The molecule has 1 heterocycles. The minimum Gasteiger partial charge on any atom is -0.473 e. The number of hydrogen-bond acceptors (Lipinski definition) is 4. The minimum atomic E-state index is -1.82. The molecule has 0 aromatic heterocycles. The van der Waals surface area contributed by atoms with Gasteiger partial charge >= 0.3 is 11.9 Å². The Balaban J connectivity index is 0.000000409. The second kappa shape index (κ2) is 10.8. The molecule has 0 bridgehead atoms. The number of nitrogens with one attached hydrogen (secondary N) is 1. The van der Waals surface area contributed by atoms with E-state index in [0.717, 1.165) is 50.9 Å². The lowest BCUT2D eigenvalue weighted by molar-refractivity contribution is -0.159. The first kappa shape index (κ1) is 21.8. The lowest BCUT2D eigenvalue weighted by Gasteiger charge is -2.31. The molecule has 0 spiro atoms. The summed E-state index contributed by atoms with van der Waals surface area (Å²) in [5, 5.41) is 18.0. The largest absolute Gasteiger partial charge is 0.473 e. The van der Waals surface area contributed by atoms with Crippen LogP contribution in [0, 0.1) is 11.7 Å². The maximum absolute atomic E-state index is 12.9. The van der Waals surface area contributed by atoms with Gasteiger partial charge in [0.1, 0.15) is 5.82 Å². The highest BCUT2D eigenvalue weighted by molar-refractivity contribution is 6.27. The fraction of sp³-hybridized carbons (Fsp3) is 0.550. The Labute approximate surface area is 163 Å². The first-order chi connectivity index (χ1) is 13.3. The molecule has 0 unspecified atom stereocenters. The van der Waals surface area contributed by atoms with Crippen LogP contribution in [0.3, 0.4) is 0 Å². The second-order valence-corrected chi connectivity index (χ2v) is 7.28. The Morgan fingerprint density at radius 2 is 1.50 bits per heavy atom. The van der Waals surface area contributed by atoms with Crippen LogP contribution in [0.5, 0.6) is 0 Å². The molecule has 0 radical (unpaired) electrons. The van der Waals surface area contributed by atoms with Gasteiger partial charge in [-0.1, -0.05) is 25.0 Å². The molecule has 8 heteroatoms. The maximum Gasteiger partial charge on any atom is 0.414 e. The Bertz CT molecular complexity index is 654. The Morgan fingerprint density at radius 1 is 0.964 bits per heavy atom. The monoisotopic (exact) mass is 394 g/mol. The summed E-state index contributed by atoms with van der Waals surface area (Å²) in [6, 6.07) is 7.13. The van der Waals surface area contributed by atoms with Crippen LogP contribution < -0.4 is 5.32 Å². The fourth-order valence-electron chi connectivity index (χ4n) is 3.59. The number of halogens is 1. The highest BCUT2D eigenvalue weighted by Crippen LogP contribution is 2.22. The van der Waals surface area contributed by atoms with Crippen LogP contribution in [0.15, 0.2) is 24.3 Å². The summed E-state index contributed by atoms with van der Waals surface area (Å²) in [7, 11) is 0. The van der Waals surface area contributed by atoms with Crippen LogP contribution in [0.1, 0.15) is 44.1 Å². The lowest BCUT2D eigenvalue weighted by atomic mass is 9.95. The van der Waals surface area contributed by atoms with Gasteiger partial charge in [-0.15, -0.1) is 0 Å². The van der Waals surface area contributed by atoms with E-state index in [1.54, 1.807) is 0 Å². The molecule has 1 aliphatic heterocycles. The summed E-state index contributed by atoms with van der Waals surface area (Å²) in [5.41, 5.74) is 1.13. The smallest absolute Gasteiger partial charge is 0.414 e. The number of benzene rings is 1. The normalized spacial score (nSPS) is 18.2. The zero-order valence-electron chi connectivity index (χ0n) is 15.8. The molecule has 2 aliphatic rings. The number of piperidine rings is 1. The van der Waals surface area contributed by atoms with Crippen LogP contribution in [-0.2, 0) is 20.9 Å². The van der Waals surface area contributed by atoms with Gasteiger partial charge in [0.25, 0.3) is 0 Å². The van der Waals surface area contributed by atoms with Gasteiger partial charge in [-0.25, -0.2) is 14.0 Å². The van der Waals surface area contributed by atoms with Crippen molar-refractivity contribution in [1.29, 1.82) is 0 Å². The maximum atomic E-state index is 12.9. The van der Waals surface area contributed by atoms with Crippen LogP contribution >= 0.6 is 0 Å². The van der Waals surface area contributed by atoms with Crippen molar-refractivity contribution in [2.24, 2.45) is 5.92 Å². The number of rotatable bonds is 4. The van der Waals surface area contributed by atoms with E-state index in [1.807, 2.05) is 12.1 Å². The first-order valence-electron chi connectivity index (χ1n) is 9.58. The molecule has 1 aromatic carbocycles. The Hall–Kier alpha value is -2.48. The molecule has 3 rings (SSSR count). The number of carboxylic acids is 2. The molecule has 0 atom stereocenters. The zero-order chi connectivity index (χ0) is 20.5. The predicted molar refractivity (Wildman–Crippen MR) is 100 cm³/mol. The van der Waals surface area contributed by atoms with E-state index >= 15 is 0 Å². The standard InChI is InChI=1S/C18H25FN2O.C2H2O4/c19-16-7-5-14(6-8-16)13-21-11-9-15(10-12-21)18(22)20-17-3-1-2-4-17;3-1(4)2(5)6/h5-8,15,17H,1-4,9-13H2,(H,20,22);(H,3,4)(H,5,6). The summed E-state index contributed by atoms with van der Waals surface area (Å²) in [5.74, 6) is -3.41. The van der Waals surface area contributed by atoms with Crippen LogP contribution in [-0.4, -0.2) is 52.1 Å². The molecule has 3 N–H and O–H groups in total. The highest BCUT2D eigenvalue weighted by atomic mass is 19.1. The van der Waals surface area contributed by atoms with Crippen molar-refractivity contribution in [3.63, 3.8) is 0 Å². The molecular weight excluding hydrogens is 367 g/mol. The van der Waals surface area contributed by atoms with E-state index in [4.69, 9.17) is 19.8 Å². The number of nitrogens with zero attached hydrogens (tertiary/aromatic N) is 1. The number of hydrogen-bond donors (Lipinski definition) is 3. The number of aliphatic carboxylic acids is 2. The lowest BCUT2D eigenvalue weighted by Crippen LogP contribution is -2.42. The average Bonchev–Trinajstić information content (AvgIpc) is 3.17. The topological polar surface area (TPSA) is 107 Å². The number of likely N-dealkylation sites (tertiary alicyclic amines) is 1. The molecule has 154 valence electrons. The third-order valence-corrected chi connectivity index (χ3v) is 5.16. The van der Waals surface area contributed by atoms with Gasteiger partial charge in [0.05, 0.1) is 0 Å². The molecule has 1 aliphatic carbocycles. The molecule has 1 saturated heterocycles. The van der Waals surface area contributed by atoms with Crippen molar-refractivity contribution >= 4 is 17.8 Å². The number of amides is 1. The predicted octanol–water partition coefficient (Wildman–Crippen LogP) is 2.25. The third kappa shape index (κ3) is 7.26. The quantitative estimate of drug-likeness (QED) is 0.676. The molecular formula is C20H27FN2O5. The number of carboxylic acid groups (broad SMARTS) is 2. The molecule has 1 saturated carbocycles. The highest BCUT2D eigenvalue weighted by Gasteiger charge is 2.27. The SMILES string of the molecule is O=C(NC1CCCC1)C1CCN(Cc2ccc(F)cc2)CC1.O=C(O)C(=O)O. The van der Waals surface area contributed by atoms with Crippen molar-refractivity contribution in [3.8, 4) is 0 Å². The number of carbonyl (C=O) groups is 3. The van der Waals surface area contributed by atoms with E-state index < -0.39 is 11.9 Å². The average molecular weight is 394 g/mol. The summed E-state index contributed by atoms with van der Waals surface area (Å²) >= 11 is 0. The van der Waals surface area contributed by atoms with Gasteiger partial charge in [0, 0.05) is 18.5 Å². The molecule has 7 nitrogen and oxygen atoms in total. The van der Waals surface area contributed by atoms with Crippen molar-refractivity contribution < 1.29 is 29.0 Å². The van der Waals surface area contributed by atoms with Crippen molar-refractivity contribution in [2.45, 2.75) is 51.1 Å². The summed E-state index contributed by atoms with van der Waals surface area (Å²) in [6.45, 7) is 2.73. The molecule has 2 fully saturated rings. The van der Waals surface area contributed by atoms with Crippen LogP contribution in [0.25, 0.3) is 0 Å². The molecule has 28 heavy (non-hydrogen) atoms. The second-order valence-electron chi connectivity index (χ2n) is 7.28. The first-order valence-corrected chi connectivity index (χ1v) is 9.58. The van der Waals surface area contributed by atoms with E-state index in [1.165, 1.54) is 25.0 Å². The van der Waals surface area contributed by atoms with Crippen molar-refractivity contribution in [2.75, 3.05) is 13.1 Å². The summed E-state index contributed by atoms with van der Waals surface area (Å²) < 4.78 is 12.9. The van der Waals surface area contributed by atoms with Crippen LogP contribution in [0.4, 0.5) is 4.39 Å². The van der Waals surface area contributed by atoms with Gasteiger partial charge in [0.2, 0.25) is 5.91 Å². The van der Waals surface area contributed by atoms with E-state index in [-0.39, 0.29) is 17.6 Å². The van der Waals surface area contributed by atoms with Gasteiger partial charge in [-0.2, -0.15) is 0 Å². The van der Waals surface area contributed by atoms with Gasteiger partial charge in [-0.05, 0) is 56.5 Å². The fourth-order valence-corrected chi connectivity index (χ4v) is 3.59. The zero-order valence-corrected chi connectivity index (χ0v) is 15.8. The van der Waals surface area contributed by atoms with Gasteiger partial charge < -0.3 is 15.5 Å². The van der Waals surface area contributed by atoms with E-state index in [0.29, 0.717) is 6.04 Å². The summed E-state index contributed by atoms with van der Waals surface area (Å²) in [4.78, 5) is 32.8.